The number of piperazine rings is 1. The van der Waals surface area contributed by atoms with E-state index in [1.165, 1.54) is 16.6 Å². The van der Waals surface area contributed by atoms with Crippen molar-refractivity contribution in [2.45, 2.75) is 19.4 Å². The fourth-order valence-electron chi connectivity index (χ4n) is 3.70. The fourth-order valence-corrected chi connectivity index (χ4v) is 4.61. The Kier molecular flexibility index (Phi) is 5.94. The van der Waals surface area contributed by atoms with E-state index in [-0.39, 0.29) is 24.2 Å². The predicted octanol–water partition coefficient (Wildman–Crippen LogP) is 1.14. The molecular weight excluding hydrogens is 357 g/mol. The van der Waals surface area contributed by atoms with Crippen molar-refractivity contribution in [2.24, 2.45) is 5.92 Å². The third kappa shape index (κ3) is 4.61. The lowest BCUT2D eigenvalue weighted by atomic mass is 9.97. The Morgan fingerprint density at radius 2 is 1.85 bits per heavy atom. The zero-order valence-corrected chi connectivity index (χ0v) is 15.9. The highest BCUT2D eigenvalue weighted by Gasteiger charge is 2.33. The van der Waals surface area contributed by atoms with Crippen LogP contribution in [-0.2, 0) is 21.4 Å². The Labute approximate surface area is 154 Å². The van der Waals surface area contributed by atoms with Crippen LogP contribution in [0.1, 0.15) is 18.4 Å². The molecule has 1 aromatic carbocycles. The topological polar surface area (TPSA) is 60.9 Å². The van der Waals surface area contributed by atoms with Crippen LogP contribution in [0.5, 0.6) is 0 Å². The summed E-state index contributed by atoms with van der Waals surface area (Å²) in [5, 5.41) is 0. The first-order chi connectivity index (χ1) is 12.3. The number of nitrogens with zero attached hydrogens (tertiary/aromatic N) is 3. The van der Waals surface area contributed by atoms with Gasteiger partial charge in [-0.05, 0) is 18.9 Å². The minimum atomic E-state index is -3.25. The molecule has 6 nitrogen and oxygen atoms in total. The molecule has 2 aliphatic heterocycles. The third-order valence-electron chi connectivity index (χ3n) is 5.24. The highest BCUT2D eigenvalue weighted by Crippen LogP contribution is 2.22. The number of halogens is 1. The third-order valence-corrected chi connectivity index (χ3v) is 6.51. The normalized spacial score (nSPS) is 23.2. The van der Waals surface area contributed by atoms with Crippen molar-refractivity contribution in [3.05, 3.63) is 35.6 Å². The Hall–Kier alpha value is -1.51. The van der Waals surface area contributed by atoms with Gasteiger partial charge in [0.15, 0.2) is 0 Å². The van der Waals surface area contributed by atoms with Gasteiger partial charge in [-0.1, -0.05) is 18.2 Å². The van der Waals surface area contributed by atoms with Crippen molar-refractivity contribution in [3.63, 3.8) is 0 Å². The van der Waals surface area contributed by atoms with E-state index in [1.54, 1.807) is 12.1 Å². The van der Waals surface area contributed by atoms with E-state index in [0.29, 0.717) is 44.8 Å². The van der Waals surface area contributed by atoms with Crippen LogP contribution in [0.4, 0.5) is 4.39 Å². The highest BCUT2D eigenvalue weighted by molar-refractivity contribution is 7.88. The van der Waals surface area contributed by atoms with E-state index in [1.807, 2.05) is 11.0 Å². The number of carbonyl (C=O) groups is 1. The molecule has 1 atom stereocenters. The van der Waals surface area contributed by atoms with Crippen LogP contribution >= 0.6 is 0 Å². The maximum atomic E-state index is 13.8. The maximum absolute atomic E-state index is 13.8. The summed E-state index contributed by atoms with van der Waals surface area (Å²) in [6, 6.07) is 6.76. The van der Waals surface area contributed by atoms with E-state index >= 15 is 0 Å². The van der Waals surface area contributed by atoms with E-state index < -0.39 is 10.0 Å². The van der Waals surface area contributed by atoms with Gasteiger partial charge < -0.3 is 4.90 Å². The van der Waals surface area contributed by atoms with Gasteiger partial charge in [0, 0.05) is 51.4 Å². The summed E-state index contributed by atoms with van der Waals surface area (Å²) in [7, 11) is -3.25. The quantitative estimate of drug-likeness (QED) is 0.782. The molecule has 0 N–H and O–H groups in total. The largest absolute Gasteiger partial charge is 0.340 e. The molecule has 8 heteroatoms. The number of carbonyl (C=O) groups excluding carboxylic acids is 1. The molecule has 2 saturated heterocycles. The summed E-state index contributed by atoms with van der Waals surface area (Å²) >= 11 is 0. The summed E-state index contributed by atoms with van der Waals surface area (Å²) in [5.41, 5.74) is 0.670. The summed E-state index contributed by atoms with van der Waals surface area (Å²) in [4.78, 5) is 16.7. The number of hydrogen-bond donors (Lipinski definition) is 0. The lowest BCUT2D eigenvalue weighted by molar-refractivity contribution is -0.138. The van der Waals surface area contributed by atoms with Crippen molar-refractivity contribution < 1.29 is 17.6 Å². The molecule has 0 bridgehead atoms. The molecule has 0 aliphatic carbocycles. The summed E-state index contributed by atoms with van der Waals surface area (Å²) in [6.45, 7) is 3.92. The van der Waals surface area contributed by atoms with Crippen LogP contribution in [0.2, 0.25) is 0 Å². The van der Waals surface area contributed by atoms with Gasteiger partial charge in [-0.2, -0.15) is 0 Å². The molecule has 0 saturated carbocycles. The summed E-state index contributed by atoms with van der Waals surface area (Å²) in [6.07, 6.45) is 2.65. The molecular formula is C18H26FN3O3S. The number of benzene rings is 1. The van der Waals surface area contributed by atoms with Crippen LogP contribution in [0, 0.1) is 11.7 Å². The first-order valence-corrected chi connectivity index (χ1v) is 10.9. The fraction of sp³-hybridized carbons (Fsp3) is 0.611. The molecule has 1 amide bonds. The minimum absolute atomic E-state index is 0.0453. The maximum Gasteiger partial charge on any atom is 0.227 e. The molecule has 144 valence electrons. The zero-order chi connectivity index (χ0) is 18.7. The molecule has 2 heterocycles. The van der Waals surface area contributed by atoms with Gasteiger partial charge in [0.1, 0.15) is 5.82 Å². The second-order valence-electron chi connectivity index (χ2n) is 7.15. The van der Waals surface area contributed by atoms with Crippen LogP contribution in [0.25, 0.3) is 0 Å². The summed E-state index contributed by atoms with van der Waals surface area (Å²) in [5.74, 6) is -0.408. The Balaban J connectivity index is 1.53. The molecule has 0 unspecified atom stereocenters. The van der Waals surface area contributed by atoms with Gasteiger partial charge in [0.2, 0.25) is 15.9 Å². The smallest absolute Gasteiger partial charge is 0.227 e. The standard InChI is InChI=1S/C18H26FN3O3S/c1-26(24,25)22-8-4-6-16(14-22)18(23)21-11-9-20(10-12-21)13-15-5-2-3-7-17(15)19/h2-3,5,7,16H,4,6,8-14H2,1H3/t16-/m1/s1. The van der Waals surface area contributed by atoms with Crippen LogP contribution in [-0.4, -0.2) is 74.0 Å². The van der Waals surface area contributed by atoms with Gasteiger partial charge in [-0.25, -0.2) is 17.1 Å². The van der Waals surface area contributed by atoms with Gasteiger partial charge in [-0.15, -0.1) is 0 Å². The molecule has 2 fully saturated rings. The van der Waals surface area contributed by atoms with Crippen molar-refractivity contribution in [3.8, 4) is 0 Å². The Morgan fingerprint density at radius 3 is 2.50 bits per heavy atom. The number of sulfonamides is 1. The van der Waals surface area contributed by atoms with E-state index in [4.69, 9.17) is 0 Å². The predicted molar refractivity (Wildman–Crippen MR) is 97.4 cm³/mol. The lowest BCUT2D eigenvalue weighted by Gasteiger charge is -2.38. The lowest BCUT2D eigenvalue weighted by Crippen LogP contribution is -2.52. The average Bonchev–Trinajstić information content (AvgIpc) is 2.63. The first-order valence-electron chi connectivity index (χ1n) is 9.04. The van der Waals surface area contributed by atoms with Gasteiger partial charge >= 0.3 is 0 Å². The van der Waals surface area contributed by atoms with Gasteiger partial charge in [0.05, 0.1) is 12.2 Å². The van der Waals surface area contributed by atoms with Crippen molar-refractivity contribution in [2.75, 3.05) is 45.5 Å². The number of piperidine rings is 1. The van der Waals surface area contributed by atoms with Crippen LogP contribution in [0.3, 0.4) is 0 Å². The molecule has 0 spiro atoms. The highest BCUT2D eigenvalue weighted by atomic mass is 32.2. The number of amides is 1. The molecule has 0 aromatic heterocycles. The van der Waals surface area contributed by atoms with E-state index in [0.717, 1.165) is 12.8 Å². The van der Waals surface area contributed by atoms with Crippen LogP contribution < -0.4 is 0 Å². The zero-order valence-electron chi connectivity index (χ0n) is 15.1. The van der Waals surface area contributed by atoms with Crippen molar-refractivity contribution in [1.29, 1.82) is 0 Å². The van der Waals surface area contributed by atoms with Gasteiger partial charge in [0.25, 0.3) is 0 Å². The summed E-state index contributed by atoms with van der Waals surface area (Å²) < 4.78 is 38.7. The Bertz CT molecular complexity index is 748. The molecule has 2 aliphatic rings. The number of rotatable bonds is 4. The van der Waals surface area contributed by atoms with Crippen molar-refractivity contribution in [1.82, 2.24) is 14.1 Å². The molecule has 26 heavy (non-hydrogen) atoms. The second-order valence-corrected chi connectivity index (χ2v) is 9.14. The second kappa shape index (κ2) is 8.02. The van der Waals surface area contributed by atoms with Crippen molar-refractivity contribution >= 4 is 15.9 Å². The number of hydrogen-bond acceptors (Lipinski definition) is 4. The van der Waals surface area contributed by atoms with E-state index in [9.17, 15) is 17.6 Å². The van der Waals surface area contributed by atoms with Gasteiger partial charge in [-0.3, -0.25) is 9.69 Å². The SMILES string of the molecule is CS(=O)(=O)N1CCC[C@@H](C(=O)N2CCN(Cc3ccccc3F)CC2)C1. The average molecular weight is 383 g/mol. The monoisotopic (exact) mass is 383 g/mol. The molecule has 0 radical (unpaired) electrons. The van der Waals surface area contributed by atoms with Crippen LogP contribution in [0.15, 0.2) is 24.3 Å². The molecule has 1 aromatic rings. The Morgan fingerprint density at radius 1 is 1.15 bits per heavy atom. The molecule has 3 rings (SSSR count). The van der Waals surface area contributed by atoms with E-state index in [2.05, 4.69) is 4.90 Å². The first kappa shape index (κ1) is 19.3. The minimum Gasteiger partial charge on any atom is -0.340 e.